The van der Waals surface area contributed by atoms with Crippen LogP contribution in [0.3, 0.4) is 0 Å². The van der Waals surface area contributed by atoms with E-state index in [9.17, 15) is 24.3 Å². The molecule has 11 heteroatoms. The molecule has 0 aromatic heterocycles. The van der Waals surface area contributed by atoms with Crippen molar-refractivity contribution in [3.8, 4) is 0 Å². The molecule has 6 atom stereocenters. The quantitative estimate of drug-likeness (QED) is 0.248. The number of aliphatic hydroxyl groups is 1. The van der Waals surface area contributed by atoms with Gasteiger partial charge in [-0.3, -0.25) is 19.2 Å². The number of hydrogen-bond acceptors (Lipinski definition) is 7. The number of aliphatic hydroxyl groups excluding tert-OH is 1. The lowest BCUT2D eigenvalue weighted by Gasteiger charge is -2.36. The Morgan fingerprint density at radius 1 is 0.936 bits per heavy atom. The Morgan fingerprint density at radius 3 is 2.47 bits per heavy atom. The Hall–Kier alpha value is -3.99. The SMILES string of the molecule is O=C1CC/C=C\CN(c2ccc(Cl)cc2)C(=O)[C@@H]2N(CCCCCCO)C(=O)[C@H]3[C@H](C(=O)O[C@H](c4ccccc4)CN1)[C@@H]1C=C[C@]23O1. The summed E-state index contributed by atoms with van der Waals surface area (Å²) in [5, 5.41) is 12.6. The maximum Gasteiger partial charge on any atom is 0.313 e. The van der Waals surface area contributed by atoms with E-state index in [-0.39, 0.29) is 43.8 Å². The molecule has 2 fully saturated rings. The molecular weight excluding hydrogens is 622 g/mol. The molecule has 2 N–H and O–H groups in total. The number of likely N-dealkylation sites (tertiary alicyclic amines) is 1. The lowest BCUT2D eigenvalue weighted by molar-refractivity contribution is -0.159. The Balaban J connectivity index is 1.39. The molecule has 6 rings (SSSR count). The highest BCUT2D eigenvalue weighted by Gasteiger charge is 2.73. The van der Waals surface area contributed by atoms with E-state index in [1.54, 1.807) is 46.2 Å². The second kappa shape index (κ2) is 14.4. The molecule has 4 heterocycles. The molecule has 10 nitrogen and oxygen atoms in total. The maximum atomic E-state index is 14.8. The number of rotatable bonds is 8. The third-order valence-corrected chi connectivity index (χ3v) is 9.75. The Bertz CT molecular complexity index is 1530. The highest BCUT2D eigenvalue weighted by Crippen LogP contribution is 2.56. The molecule has 2 aromatic rings. The molecule has 3 amide bonds. The summed E-state index contributed by atoms with van der Waals surface area (Å²) in [7, 11) is 0. The van der Waals surface area contributed by atoms with E-state index < -0.39 is 41.7 Å². The average molecular weight is 662 g/mol. The van der Waals surface area contributed by atoms with E-state index >= 15 is 0 Å². The zero-order valence-corrected chi connectivity index (χ0v) is 26.9. The number of cyclic esters (lactones) is 1. The third-order valence-electron chi connectivity index (χ3n) is 9.50. The van der Waals surface area contributed by atoms with Gasteiger partial charge in [0.1, 0.15) is 23.7 Å². The molecular formula is C36H40ClN3O7. The van der Waals surface area contributed by atoms with Crippen LogP contribution in [0.2, 0.25) is 5.02 Å². The number of benzene rings is 2. The normalized spacial score (nSPS) is 30.0. The standard InChI is InChI=1S/C36H40ClN3O7/c37-25-14-16-26(17-15-25)39-20-9-4-7-13-29(42)38-23-28(24-11-5-3-6-12-24)46-35(45)30-27-18-19-36(47-27)31(30)33(43)40(32(36)34(39)44)21-8-1-2-10-22-41/h3-6,9,11-12,14-19,27-28,30-32,41H,1-2,7-8,10,13,20-23H2,(H,38,42)/b9-4-/t27-,28-,30+,31+,32-,36+/m0/s1. The molecule has 4 aliphatic rings. The predicted molar refractivity (Wildman–Crippen MR) is 175 cm³/mol. The molecule has 47 heavy (non-hydrogen) atoms. The first kappa shape index (κ1) is 32.9. The summed E-state index contributed by atoms with van der Waals surface area (Å²) >= 11 is 6.19. The zero-order chi connectivity index (χ0) is 33.0. The number of carbonyl (C=O) groups is 4. The molecule has 0 radical (unpaired) electrons. The minimum atomic E-state index is -1.35. The Labute approximate surface area is 279 Å². The van der Waals surface area contributed by atoms with E-state index in [0.29, 0.717) is 42.1 Å². The topological polar surface area (TPSA) is 125 Å². The van der Waals surface area contributed by atoms with Gasteiger partial charge in [-0.25, -0.2) is 0 Å². The van der Waals surface area contributed by atoms with Crippen LogP contribution in [0.4, 0.5) is 5.69 Å². The summed E-state index contributed by atoms with van der Waals surface area (Å²) in [6, 6.07) is 15.1. The maximum absolute atomic E-state index is 14.8. The smallest absolute Gasteiger partial charge is 0.313 e. The molecule has 2 aromatic carbocycles. The number of nitrogens with one attached hydrogen (secondary N) is 1. The van der Waals surface area contributed by atoms with Crippen LogP contribution in [-0.2, 0) is 28.7 Å². The zero-order valence-electron chi connectivity index (χ0n) is 26.1. The first-order chi connectivity index (χ1) is 22.8. The molecule has 0 unspecified atom stereocenters. The van der Waals surface area contributed by atoms with Gasteiger partial charge in [-0.05, 0) is 49.1 Å². The van der Waals surface area contributed by atoms with Gasteiger partial charge >= 0.3 is 5.97 Å². The summed E-state index contributed by atoms with van der Waals surface area (Å²) in [5.74, 6) is -3.40. The van der Waals surface area contributed by atoms with Gasteiger partial charge in [0.05, 0.1) is 18.6 Å². The first-order valence-electron chi connectivity index (χ1n) is 16.4. The monoisotopic (exact) mass is 661 g/mol. The van der Waals surface area contributed by atoms with Gasteiger partial charge < -0.3 is 29.7 Å². The second-order valence-corrected chi connectivity index (χ2v) is 12.9. The average Bonchev–Trinajstić information content (AvgIpc) is 3.72. The van der Waals surface area contributed by atoms with Gasteiger partial charge in [-0.2, -0.15) is 0 Å². The van der Waals surface area contributed by atoms with Crippen molar-refractivity contribution in [2.45, 2.75) is 62.4 Å². The van der Waals surface area contributed by atoms with Gasteiger partial charge in [-0.1, -0.05) is 79.1 Å². The number of unbranched alkanes of at least 4 members (excludes halogenated alkanes) is 3. The van der Waals surface area contributed by atoms with Gasteiger partial charge in [-0.15, -0.1) is 0 Å². The van der Waals surface area contributed by atoms with Gasteiger partial charge in [0.25, 0.3) is 5.91 Å². The molecule has 2 saturated heterocycles. The Morgan fingerprint density at radius 2 is 1.70 bits per heavy atom. The number of fused-ring (bicyclic) bond motifs is 2. The number of hydrogen-bond donors (Lipinski definition) is 2. The number of ether oxygens (including phenoxy) is 2. The van der Waals surface area contributed by atoms with Crippen molar-refractivity contribution >= 4 is 41.0 Å². The fourth-order valence-corrected chi connectivity index (χ4v) is 7.34. The van der Waals surface area contributed by atoms with E-state index in [4.69, 9.17) is 21.1 Å². The number of anilines is 1. The molecule has 0 saturated carbocycles. The summed E-state index contributed by atoms with van der Waals surface area (Å²) in [6.07, 6.45) is 9.22. The van der Waals surface area contributed by atoms with Crippen LogP contribution in [0.25, 0.3) is 0 Å². The number of carbonyl (C=O) groups excluding carboxylic acids is 4. The van der Waals surface area contributed by atoms with Crippen LogP contribution in [0.15, 0.2) is 78.9 Å². The van der Waals surface area contributed by atoms with E-state index in [1.165, 1.54) is 0 Å². The van der Waals surface area contributed by atoms with Crippen LogP contribution in [0, 0.1) is 11.8 Å². The number of esters is 1. The molecule has 4 aliphatic heterocycles. The van der Waals surface area contributed by atoms with Crippen LogP contribution < -0.4 is 10.2 Å². The third kappa shape index (κ3) is 6.59. The molecule has 5 bridgehead atoms. The highest BCUT2D eigenvalue weighted by molar-refractivity contribution is 6.30. The molecule has 0 aliphatic carbocycles. The minimum Gasteiger partial charge on any atom is -0.455 e. The van der Waals surface area contributed by atoms with Crippen molar-refractivity contribution in [1.82, 2.24) is 10.2 Å². The number of amides is 3. The van der Waals surface area contributed by atoms with Crippen molar-refractivity contribution in [1.29, 1.82) is 0 Å². The van der Waals surface area contributed by atoms with Gasteiger partial charge in [0, 0.05) is 36.8 Å². The molecule has 248 valence electrons. The summed E-state index contributed by atoms with van der Waals surface area (Å²) in [6.45, 7) is 0.648. The first-order valence-corrected chi connectivity index (χ1v) is 16.7. The van der Waals surface area contributed by atoms with Crippen molar-refractivity contribution < 1.29 is 33.8 Å². The van der Waals surface area contributed by atoms with Crippen LogP contribution >= 0.6 is 11.6 Å². The summed E-state index contributed by atoms with van der Waals surface area (Å²) < 4.78 is 12.6. The number of halogens is 1. The summed E-state index contributed by atoms with van der Waals surface area (Å²) in [5.41, 5.74) is -0.0535. The number of nitrogens with zero attached hydrogens (tertiary/aromatic N) is 2. The van der Waals surface area contributed by atoms with Gasteiger partial charge in [0.2, 0.25) is 11.8 Å². The van der Waals surface area contributed by atoms with Gasteiger partial charge in [0.15, 0.2) is 0 Å². The lowest BCUT2D eigenvalue weighted by atomic mass is 9.74. The predicted octanol–water partition coefficient (Wildman–Crippen LogP) is 4.13. The van der Waals surface area contributed by atoms with Crippen LogP contribution in [-0.4, -0.2) is 77.7 Å². The molecule has 1 spiro atoms. The van der Waals surface area contributed by atoms with Crippen molar-refractivity contribution in [2.24, 2.45) is 11.8 Å². The minimum absolute atomic E-state index is 0.0710. The Kier molecular flexibility index (Phi) is 10.1. The van der Waals surface area contributed by atoms with Crippen LogP contribution in [0.5, 0.6) is 0 Å². The van der Waals surface area contributed by atoms with E-state index in [0.717, 1.165) is 12.8 Å². The highest BCUT2D eigenvalue weighted by atomic mass is 35.5. The van der Waals surface area contributed by atoms with E-state index in [1.807, 2.05) is 42.5 Å². The van der Waals surface area contributed by atoms with E-state index in [2.05, 4.69) is 5.32 Å². The van der Waals surface area contributed by atoms with Crippen LogP contribution in [0.1, 0.15) is 50.2 Å². The lowest BCUT2D eigenvalue weighted by Crippen LogP contribution is -2.56. The largest absolute Gasteiger partial charge is 0.455 e. The van der Waals surface area contributed by atoms with Crippen molar-refractivity contribution in [3.63, 3.8) is 0 Å². The number of allylic oxidation sites excluding steroid dienone is 1. The van der Waals surface area contributed by atoms with Crippen molar-refractivity contribution in [2.75, 3.05) is 31.1 Å². The fourth-order valence-electron chi connectivity index (χ4n) is 7.22. The van der Waals surface area contributed by atoms with Crippen molar-refractivity contribution in [3.05, 3.63) is 89.5 Å². The fraction of sp³-hybridized carbons (Fsp3) is 0.444. The summed E-state index contributed by atoms with van der Waals surface area (Å²) in [4.78, 5) is 59.3. The second-order valence-electron chi connectivity index (χ2n) is 12.4.